The van der Waals surface area contributed by atoms with Crippen molar-refractivity contribution in [3.63, 3.8) is 0 Å². The molecule has 0 heterocycles. The number of amides is 1. The maximum Gasteiger partial charge on any atom is 0.224 e. The summed E-state index contributed by atoms with van der Waals surface area (Å²) in [6, 6.07) is 0.468. The molecular weight excluding hydrogens is 200 g/mol. The van der Waals surface area contributed by atoms with E-state index in [1.165, 1.54) is 12.8 Å². The van der Waals surface area contributed by atoms with Gasteiger partial charge in [-0.25, -0.2) is 0 Å². The molecule has 0 aliphatic heterocycles. The Morgan fingerprint density at radius 2 is 2.06 bits per heavy atom. The Kier molecular flexibility index (Phi) is 3.33. The molecule has 0 aromatic heterocycles. The van der Waals surface area contributed by atoms with Gasteiger partial charge in [0.25, 0.3) is 0 Å². The summed E-state index contributed by atoms with van der Waals surface area (Å²) in [5.74, 6) is 0.229. The molecule has 3 nitrogen and oxygen atoms in total. The Hall–Kier alpha value is -0.830. The molecule has 2 fully saturated rings. The van der Waals surface area contributed by atoms with E-state index in [9.17, 15) is 4.79 Å². The molecule has 0 bridgehead atoms. The second-order valence-electron chi connectivity index (χ2n) is 5.31. The van der Waals surface area contributed by atoms with E-state index in [4.69, 9.17) is 5.73 Å². The van der Waals surface area contributed by atoms with Crippen molar-refractivity contribution in [1.82, 2.24) is 4.90 Å². The van der Waals surface area contributed by atoms with Crippen LogP contribution in [0.1, 0.15) is 44.9 Å². The lowest BCUT2D eigenvalue weighted by molar-refractivity contribution is -0.132. The molecule has 3 heteroatoms. The summed E-state index contributed by atoms with van der Waals surface area (Å²) in [6.45, 7) is 4.40. The van der Waals surface area contributed by atoms with E-state index in [-0.39, 0.29) is 11.4 Å². The third-order valence-electron chi connectivity index (χ3n) is 3.74. The topological polar surface area (TPSA) is 46.3 Å². The Morgan fingerprint density at radius 3 is 2.56 bits per heavy atom. The van der Waals surface area contributed by atoms with Gasteiger partial charge in [0.1, 0.15) is 0 Å². The highest BCUT2D eigenvalue weighted by molar-refractivity contribution is 5.78. The van der Waals surface area contributed by atoms with Crippen LogP contribution in [0.15, 0.2) is 12.7 Å². The molecule has 0 unspecified atom stereocenters. The normalized spacial score (nSPS) is 23.1. The molecular formula is C13H22N2O. The quantitative estimate of drug-likeness (QED) is 0.721. The van der Waals surface area contributed by atoms with Crippen molar-refractivity contribution in [2.45, 2.75) is 56.5 Å². The van der Waals surface area contributed by atoms with E-state index in [0.29, 0.717) is 19.0 Å². The highest BCUT2D eigenvalue weighted by Crippen LogP contribution is 2.33. The number of rotatable bonds is 5. The molecule has 2 rings (SSSR count). The molecule has 90 valence electrons. The summed E-state index contributed by atoms with van der Waals surface area (Å²) < 4.78 is 0. The minimum Gasteiger partial charge on any atom is -0.336 e. The SMILES string of the molecule is C=CCN(C(=O)CC1(N)CCCC1)C1CC1. The molecule has 0 saturated heterocycles. The summed E-state index contributed by atoms with van der Waals surface area (Å²) in [4.78, 5) is 14.1. The van der Waals surface area contributed by atoms with Crippen LogP contribution in [0.4, 0.5) is 0 Å². The standard InChI is InChI=1S/C13H22N2O/c1-2-9-15(11-5-6-11)12(16)10-13(14)7-3-4-8-13/h2,11H,1,3-10,14H2. The molecule has 0 radical (unpaired) electrons. The Balaban J connectivity index is 1.91. The van der Waals surface area contributed by atoms with E-state index in [1.807, 2.05) is 11.0 Å². The molecule has 2 N–H and O–H groups in total. The molecule has 0 aromatic rings. The van der Waals surface area contributed by atoms with E-state index in [1.54, 1.807) is 0 Å². The summed E-state index contributed by atoms with van der Waals surface area (Å²) in [5.41, 5.74) is 6.02. The third-order valence-corrected chi connectivity index (χ3v) is 3.74. The first-order chi connectivity index (χ1) is 7.64. The van der Waals surface area contributed by atoms with Crippen LogP contribution < -0.4 is 5.73 Å². The Labute approximate surface area is 97.7 Å². The summed E-state index contributed by atoms with van der Waals surface area (Å²) >= 11 is 0. The fraction of sp³-hybridized carbons (Fsp3) is 0.769. The van der Waals surface area contributed by atoms with Crippen LogP contribution in [0, 0.1) is 0 Å². The maximum absolute atomic E-state index is 12.2. The first-order valence-electron chi connectivity index (χ1n) is 6.34. The molecule has 16 heavy (non-hydrogen) atoms. The van der Waals surface area contributed by atoms with Crippen LogP contribution in [-0.4, -0.2) is 28.9 Å². The van der Waals surface area contributed by atoms with Crippen molar-refractivity contribution in [1.29, 1.82) is 0 Å². The monoisotopic (exact) mass is 222 g/mol. The molecule has 0 spiro atoms. The lowest BCUT2D eigenvalue weighted by atomic mass is 9.94. The predicted octanol–water partition coefficient (Wildman–Crippen LogP) is 1.82. The molecule has 1 amide bonds. The van der Waals surface area contributed by atoms with Crippen molar-refractivity contribution < 1.29 is 4.79 Å². The van der Waals surface area contributed by atoms with Crippen molar-refractivity contribution in [2.24, 2.45) is 5.73 Å². The zero-order chi connectivity index (χ0) is 11.6. The minimum atomic E-state index is -0.217. The highest BCUT2D eigenvalue weighted by Gasteiger charge is 2.37. The van der Waals surface area contributed by atoms with Crippen molar-refractivity contribution >= 4 is 5.91 Å². The van der Waals surface area contributed by atoms with Gasteiger partial charge in [-0.15, -0.1) is 6.58 Å². The second-order valence-corrected chi connectivity index (χ2v) is 5.31. The fourth-order valence-electron chi connectivity index (χ4n) is 2.64. The molecule has 2 aliphatic rings. The van der Waals surface area contributed by atoms with Crippen molar-refractivity contribution in [3.05, 3.63) is 12.7 Å². The summed E-state index contributed by atoms with van der Waals surface area (Å²) in [6.07, 6.45) is 9.00. The number of nitrogens with zero attached hydrogens (tertiary/aromatic N) is 1. The van der Waals surface area contributed by atoms with Gasteiger partial charge in [0, 0.05) is 24.5 Å². The van der Waals surface area contributed by atoms with E-state index in [0.717, 1.165) is 25.7 Å². The molecule has 0 aromatic carbocycles. The smallest absolute Gasteiger partial charge is 0.224 e. The largest absolute Gasteiger partial charge is 0.336 e. The van der Waals surface area contributed by atoms with Crippen LogP contribution in [0.5, 0.6) is 0 Å². The zero-order valence-electron chi connectivity index (χ0n) is 9.95. The van der Waals surface area contributed by atoms with Crippen LogP contribution in [-0.2, 0) is 4.79 Å². The highest BCUT2D eigenvalue weighted by atomic mass is 16.2. The second kappa shape index (κ2) is 4.58. The first-order valence-corrected chi connectivity index (χ1v) is 6.34. The van der Waals surface area contributed by atoms with E-state index < -0.39 is 0 Å². The van der Waals surface area contributed by atoms with Gasteiger partial charge in [-0.1, -0.05) is 18.9 Å². The van der Waals surface area contributed by atoms with Gasteiger partial charge in [-0.2, -0.15) is 0 Å². The predicted molar refractivity (Wildman–Crippen MR) is 64.9 cm³/mol. The Bertz CT molecular complexity index is 278. The summed E-state index contributed by atoms with van der Waals surface area (Å²) in [7, 11) is 0. The van der Waals surface area contributed by atoms with E-state index >= 15 is 0 Å². The molecule has 2 aliphatic carbocycles. The van der Waals surface area contributed by atoms with Gasteiger partial charge in [0.05, 0.1) is 0 Å². The average Bonchev–Trinajstić information content (AvgIpc) is 2.98. The van der Waals surface area contributed by atoms with Crippen LogP contribution in [0.2, 0.25) is 0 Å². The van der Waals surface area contributed by atoms with Crippen LogP contribution in [0.3, 0.4) is 0 Å². The van der Waals surface area contributed by atoms with Crippen molar-refractivity contribution in [2.75, 3.05) is 6.54 Å². The number of hydrogen-bond acceptors (Lipinski definition) is 2. The Morgan fingerprint density at radius 1 is 1.44 bits per heavy atom. The van der Waals surface area contributed by atoms with E-state index in [2.05, 4.69) is 6.58 Å². The lowest BCUT2D eigenvalue weighted by Gasteiger charge is -2.28. The summed E-state index contributed by atoms with van der Waals surface area (Å²) in [5, 5.41) is 0. The van der Waals surface area contributed by atoms with Crippen molar-refractivity contribution in [3.8, 4) is 0 Å². The number of carbonyl (C=O) groups is 1. The first kappa shape index (κ1) is 11.6. The lowest BCUT2D eigenvalue weighted by Crippen LogP contribution is -2.44. The zero-order valence-corrected chi connectivity index (χ0v) is 9.95. The van der Waals surface area contributed by atoms with Gasteiger partial charge in [0.2, 0.25) is 5.91 Å². The number of nitrogens with two attached hydrogens (primary N) is 1. The minimum absolute atomic E-state index is 0.217. The average molecular weight is 222 g/mol. The number of carbonyl (C=O) groups excluding carboxylic acids is 1. The maximum atomic E-state index is 12.2. The molecule has 0 atom stereocenters. The van der Waals surface area contributed by atoms with Crippen LogP contribution >= 0.6 is 0 Å². The van der Waals surface area contributed by atoms with Gasteiger partial charge in [-0.05, 0) is 25.7 Å². The van der Waals surface area contributed by atoms with Gasteiger partial charge in [-0.3, -0.25) is 4.79 Å². The molecule has 2 saturated carbocycles. The third kappa shape index (κ3) is 2.64. The number of hydrogen-bond donors (Lipinski definition) is 1. The van der Waals surface area contributed by atoms with Gasteiger partial charge >= 0.3 is 0 Å². The van der Waals surface area contributed by atoms with Gasteiger partial charge in [0.15, 0.2) is 0 Å². The van der Waals surface area contributed by atoms with Gasteiger partial charge < -0.3 is 10.6 Å². The van der Waals surface area contributed by atoms with Crippen LogP contribution in [0.25, 0.3) is 0 Å². The fourth-order valence-corrected chi connectivity index (χ4v) is 2.64.